The Morgan fingerprint density at radius 3 is 2.11 bits per heavy atom. The molecule has 0 spiro atoms. The van der Waals surface area contributed by atoms with Gasteiger partial charge in [0.25, 0.3) is 0 Å². The molecule has 0 bridgehead atoms. The molecule has 3 heterocycles. The summed E-state index contributed by atoms with van der Waals surface area (Å²) >= 11 is 1.78. The van der Waals surface area contributed by atoms with Gasteiger partial charge in [0.15, 0.2) is 0 Å². The second-order valence-corrected chi connectivity index (χ2v) is 24.4. The number of nitrogens with zero attached hydrogens (tertiary/aromatic N) is 3. The van der Waals surface area contributed by atoms with Gasteiger partial charge in [-0.25, -0.2) is 0 Å². The SMILES string of the molecule is [2H]C(C)(C)c1cc(-c2ccccc2)cc(C([2H])(C)C)c1-n1c(-c2[c-]cc(C)c3c2sc2ccc(C)cc23)nc2ccccc21.[2H]C([2H])([2H])c1c[c-]c(-c2cc(C([2H])([2H])C(C)C)c([Si](C)(C)C)cn2)cc1.[Ir]. The molecule has 329 valence electrons. The van der Waals surface area contributed by atoms with Crippen LogP contribution in [0.25, 0.3) is 70.7 Å². The van der Waals surface area contributed by atoms with E-state index in [4.69, 9.17) is 11.8 Å². The predicted molar refractivity (Wildman–Crippen MR) is 276 cm³/mol. The number of fused-ring (bicyclic) bond motifs is 4. The molecule has 0 atom stereocenters. The summed E-state index contributed by atoms with van der Waals surface area (Å²) in [5, 5.41) is 3.51. The van der Waals surface area contributed by atoms with E-state index in [1.807, 2.05) is 84.0 Å². The molecule has 6 heteroatoms. The Kier molecular flexibility index (Phi) is 11.5. The second-order valence-electron chi connectivity index (χ2n) is 18.4. The maximum absolute atomic E-state index is 9.41. The summed E-state index contributed by atoms with van der Waals surface area (Å²) in [6, 6.07) is 44.6. The zero-order valence-corrected chi connectivity index (χ0v) is 42.9. The van der Waals surface area contributed by atoms with Crippen molar-refractivity contribution in [2.45, 2.75) is 100 Å². The van der Waals surface area contributed by atoms with E-state index in [0.717, 1.165) is 60.2 Å². The third-order valence-corrected chi connectivity index (χ3v) is 14.6. The number of aromatic nitrogens is 3. The van der Waals surface area contributed by atoms with Crippen molar-refractivity contribution >= 4 is 55.8 Å². The normalized spacial score (nSPS) is 14.2. The van der Waals surface area contributed by atoms with Crippen molar-refractivity contribution in [3.8, 4) is 39.5 Å². The van der Waals surface area contributed by atoms with Crippen LogP contribution in [0, 0.1) is 38.8 Å². The molecule has 0 unspecified atom stereocenters. The number of benzene rings is 6. The minimum Gasteiger partial charge on any atom is -0.333 e. The first-order valence-corrected chi connectivity index (χ1v) is 26.1. The summed E-state index contributed by atoms with van der Waals surface area (Å²) in [6.07, 6.45) is 0.328. The largest absolute Gasteiger partial charge is 0.333 e. The van der Waals surface area contributed by atoms with Crippen LogP contribution in [0.4, 0.5) is 0 Å². The summed E-state index contributed by atoms with van der Waals surface area (Å²) in [5.74, 6) is -1.30. The van der Waals surface area contributed by atoms with Crippen molar-refractivity contribution in [1.29, 1.82) is 0 Å². The Morgan fingerprint density at radius 2 is 1.47 bits per heavy atom. The van der Waals surface area contributed by atoms with Crippen LogP contribution in [0.15, 0.2) is 121 Å². The van der Waals surface area contributed by atoms with Crippen molar-refractivity contribution in [3.05, 3.63) is 167 Å². The van der Waals surface area contributed by atoms with E-state index < -0.39 is 33.1 Å². The average molecular weight is 1060 g/mol. The van der Waals surface area contributed by atoms with Gasteiger partial charge < -0.3 is 9.55 Å². The van der Waals surface area contributed by atoms with Crippen molar-refractivity contribution in [2.24, 2.45) is 5.92 Å². The molecule has 3 aromatic heterocycles. The number of hydrogen-bond acceptors (Lipinski definition) is 3. The number of thiophene rings is 1. The summed E-state index contributed by atoms with van der Waals surface area (Å²) in [4.78, 5) is 9.81. The molecule has 0 N–H and O–H groups in total. The maximum Gasteiger partial charge on any atom is 0.0798 e. The molecule has 1 radical (unpaired) electrons. The van der Waals surface area contributed by atoms with Crippen LogP contribution in [0.1, 0.15) is 96.3 Å². The van der Waals surface area contributed by atoms with E-state index >= 15 is 0 Å². The van der Waals surface area contributed by atoms with Gasteiger partial charge in [-0.2, -0.15) is 11.3 Å². The van der Waals surface area contributed by atoms with E-state index in [1.54, 1.807) is 29.7 Å². The van der Waals surface area contributed by atoms with Crippen LogP contribution >= 0.6 is 11.3 Å². The first-order chi connectivity index (χ1) is 32.7. The van der Waals surface area contributed by atoms with Gasteiger partial charge in [-0.05, 0) is 105 Å². The Labute approximate surface area is 410 Å². The van der Waals surface area contributed by atoms with E-state index in [2.05, 4.69) is 110 Å². The molecular weight excluding hydrogens is 991 g/mol. The molecule has 0 aliphatic carbocycles. The number of hydrogen-bond donors (Lipinski definition) is 0. The zero-order chi connectivity index (χ0) is 50.9. The number of aryl methyl sites for hydroxylation is 3. The molecule has 0 aliphatic heterocycles. The first-order valence-electron chi connectivity index (χ1n) is 25.3. The van der Waals surface area contributed by atoms with Gasteiger partial charge in [-0.3, -0.25) is 4.98 Å². The smallest absolute Gasteiger partial charge is 0.0798 e. The van der Waals surface area contributed by atoms with Crippen molar-refractivity contribution in [3.63, 3.8) is 0 Å². The summed E-state index contributed by atoms with van der Waals surface area (Å²) in [7, 11) is -1.78. The van der Waals surface area contributed by atoms with E-state index in [9.17, 15) is 2.74 Å². The monoisotopic (exact) mass is 1060 g/mol. The fourth-order valence-electron chi connectivity index (χ4n) is 8.33. The minimum absolute atomic E-state index is 0. The molecule has 0 saturated carbocycles. The molecule has 6 aromatic carbocycles. The van der Waals surface area contributed by atoms with Crippen molar-refractivity contribution in [1.82, 2.24) is 14.5 Å². The Bertz CT molecular complexity index is 3360. The fourth-order valence-corrected chi connectivity index (χ4v) is 11.0. The quantitative estimate of drug-likeness (QED) is 0.107. The average Bonchev–Trinajstić information content (AvgIpc) is 3.87. The molecule has 0 fully saturated rings. The number of pyridine rings is 1. The number of imidazole rings is 1. The third-order valence-electron chi connectivity index (χ3n) is 11.4. The molecule has 0 aliphatic rings. The van der Waals surface area contributed by atoms with Crippen molar-refractivity contribution in [2.75, 3.05) is 0 Å². The van der Waals surface area contributed by atoms with Crippen LogP contribution in [-0.2, 0) is 26.5 Å². The van der Waals surface area contributed by atoms with Crippen LogP contribution in [0.2, 0.25) is 19.6 Å². The Morgan fingerprint density at radius 1 is 0.781 bits per heavy atom. The third kappa shape index (κ3) is 9.53. The molecule has 0 saturated heterocycles. The Balaban J connectivity index is 0.000000236. The van der Waals surface area contributed by atoms with Gasteiger partial charge in [0.05, 0.1) is 24.9 Å². The van der Waals surface area contributed by atoms with Crippen LogP contribution < -0.4 is 5.19 Å². The number of para-hydroxylation sites is 2. The molecular formula is C58H61IrN3SSi-2. The van der Waals surface area contributed by atoms with Crippen molar-refractivity contribution < 1.29 is 29.7 Å². The second kappa shape index (κ2) is 19.2. The number of rotatable bonds is 9. The van der Waals surface area contributed by atoms with Crippen LogP contribution in [0.5, 0.6) is 0 Å². The van der Waals surface area contributed by atoms with Gasteiger partial charge in [0, 0.05) is 46.3 Å². The standard InChI is InChI=1S/C39H35N2S.C19H26NSi.Ir/c1-23(2)30-21-28(27-12-8-7-9-13-27)22-31(24(3)4)37(30)41-34-15-11-10-14-33(34)40-39(41)29-18-17-26(6)36-32-20-25(5)16-19-35(32)42-38(29)36;1-14(2)11-17-12-18(16-9-7-15(3)8-10-16)20-13-19(17)21(4,5)6;/h7-17,19-24H,1-6H3;7-9,12-14H,11H2,1-6H3;/q2*-1;/i23D,24D;3D3,11D2;. The first kappa shape index (κ1) is 38.3. The zero-order valence-electron chi connectivity index (χ0n) is 45.7. The Hall–Kier alpha value is -4.97. The van der Waals surface area contributed by atoms with Crippen LogP contribution in [-0.4, -0.2) is 22.6 Å². The van der Waals surface area contributed by atoms with E-state index in [-0.39, 0.29) is 31.6 Å². The van der Waals surface area contributed by atoms with E-state index in [0.29, 0.717) is 16.8 Å². The molecule has 9 rings (SSSR count). The molecule has 3 nitrogen and oxygen atoms in total. The van der Waals surface area contributed by atoms with Gasteiger partial charge in [0.1, 0.15) is 0 Å². The van der Waals surface area contributed by atoms with Gasteiger partial charge >= 0.3 is 0 Å². The molecule has 9 aromatic rings. The summed E-state index contributed by atoms with van der Waals surface area (Å²) in [6.45, 7) is 20.2. The molecule has 64 heavy (non-hydrogen) atoms. The van der Waals surface area contributed by atoms with Crippen LogP contribution in [0.3, 0.4) is 0 Å². The minimum atomic E-state index is -2.16. The predicted octanol–water partition coefficient (Wildman–Crippen LogP) is 16.0. The summed E-state index contributed by atoms with van der Waals surface area (Å²) in [5.41, 5.74) is 12.0. The molecule has 0 amide bonds. The van der Waals surface area contributed by atoms with Gasteiger partial charge in [0.2, 0.25) is 0 Å². The maximum atomic E-state index is 9.41. The summed E-state index contributed by atoms with van der Waals surface area (Å²) < 4.78 is 63.0. The topological polar surface area (TPSA) is 30.7 Å². The van der Waals surface area contributed by atoms with Gasteiger partial charge in [-0.15, -0.1) is 53.1 Å². The van der Waals surface area contributed by atoms with Gasteiger partial charge in [-0.1, -0.05) is 158 Å². The fraction of sp³-hybridized carbons (Fsp3) is 0.276. The van der Waals surface area contributed by atoms with E-state index in [1.165, 1.54) is 32.7 Å².